The van der Waals surface area contributed by atoms with E-state index in [4.69, 9.17) is 47.4 Å². The summed E-state index contributed by atoms with van der Waals surface area (Å²) in [5.74, 6) is -15.9. The highest BCUT2D eigenvalue weighted by molar-refractivity contribution is 7.42. The Morgan fingerprint density at radius 1 is 0.460 bits per heavy atom. The number of piperidine rings is 2. The normalized spacial score (nSPS) is 37.2. The van der Waals surface area contributed by atoms with Crippen molar-refractivity contribution in [3.8, 4) is 0 Å². The van der Waals surface area contributed by atoms with Gasteiger partial charge in [0.2, 0.25) is 11.6 Å². The zero-order chi connectivity index (χ0) is 104. The van der Waals surface area contributed by atoms with Gasteiger partial charge in [0.1, 0.15) is 73.6 Å². The van der Waals surface area contributed by atoms with Gasteiger partial charge in [0.25, 0.3) is 23.4 Å². The fraction of sp³-hybridized carbons (Fsp3) is 0.757. The maximum atomic E-state index is 14.5. The molecule has 0 aromatic heterocycles. The predicted octanol–water partition coefficient (Wildman–Crippen LogP) is 15.4. The van der Waals surface area contributed by atoms with E-state index >= 15 is 0 Å². The van der Waals surface area contributed by atoms with Crippen molar-refractivity contribution in [3.63, 3.8) is 0 Å². The van der Waals surface area contributed by atoms with Crippen LogP contribution >= 0.6 is 15.8 Å². The minimum atomic E-state index is -2.43. The number of carbonyl (C=O) groups is 10. The Bertz CT molecular complexity index is 4270. The monoisotopic (exact) mass is 1990 g/mol. The van der Waals surface area contributed by atoms with Gasteiger partial charge in [-0.2, -0.15) is 0 Å². The molecule has 4 saturated heterocycles. The summed E-state index contributed by atoms with van der Waals surface area (Å²) in [4.78, 5) is 144. The van der Waals surface area contributed by atoms with E-state index in [1.165, 1.54) is 24.0 Å². The molecule has 4 bridgehead atoms. The van der Waals surface area contributed by atoms with Gasteiger partial charge < -0.3 is 82.7 Å². The number of cyclic esters (lactones) is 2. The predicted molar refractivity (Wildman–Crippen MR) is 536 cm³/mol. The van der Waals surface area contributed by atoms with Crippen molar-refractivity contribution in [1.82, 2.24) is 14.9 Å². The highest BCUT2D eigenvalue weighted by atomic mass is 31.1. The molecule has 31 atom stereocenters. The fourth-order valence-electron chi connectivity index (χ4n) is 20.6. The number of aliphatic hydroxyl groups excluding tert-OH is 3. The summed E-state index contributed by atoms with van der Waals surface area (Å²) in [6, 6.07) is -2.36. The van der Waals surface area contributed by atoms with Gasteiger partial charge in [-0.1, -0.05) is 165 Å². The smallest absolute Gasteiger partial charge is 0.429 e. The van der Waals surface area contributed by atoms with Crippen LogP contribution in [0.4, 0.5) is 0 Å². The summed E-state index contributed by atoms with van der Waals surface area (Å²) in [7, 11) is 6.65. The van der Waals surface area contributed by atoms with E-state index in [9.17, 15) is 82.6 Å². The Kier molecular flexibility index (Phi) is 53.4. The van der Waals surface area contributed by atoms with Gasteiger partial charge in [0, 0.05) is 117 Å². The molecule has 6 fully saturated rings. The van der Waals surface area contributed by atoms with Gasteiger partial charge in [-0.25, -0.2) is 9.59 Å². The third kappa shape index (κ3) is 36.6. The molecular formula is C107H173N3O27P2+2. The average molecular weight is 2000 g/mol. The summed E-state index contributed by atoms with van der Waals surface area (Å²) < 4.78 is 80.7. The number of rotatable bonds is 14. The molecule has 0 aromatic carbocycles. The van der Waals surface area contributed by atoms with Crippen LogP contribution in [0.1, 0.15) is 265 Å². The number of esters is 2. The second-order valence-corrected chi connectivity index (χ2v) is 43.5. The molecular weight excluding hydrogens is 1820 g/mol. The molecule has 139 heavy (non-hydrogen) atoms. The lowest BCUT2D eigenvalue weighted by molar-refractivity contribution is -0.265. The van der Waals surface area contributed by atoms with Gasteiger partial charge in [-0.3, -0.25) is 38.4 Å². The van der Waals surface area contributed by atoms with E-state index in [2.05, 4.69) is 5.09 Å². The summed E-state index contributed by atoms with van der Waals surface area (Å²) >= 11 is 0. The first-order chi connectivity index (χ1) is 65.6. The SMILES string of the molecule is CC.CO[C@H]1C[C@@H]2CC[C@@H](C)[C@@](O)(O2)C(=O)C(=O)N2CCCCC2C(=O)O[C@H]([C@H](C)C[C@@H]2CCC(N[P+](C)=O)[C@H](OC)C2)CC(=O)[C@H](C)/C=C(\C)[C@@H](O)[C@@H](OC)C(=O)[C@H](C)C[C@H](C)/C=C/C=CC=C1C.CO[C@H]1C[C@@H]2CC[C@@H](C)[C@@](O)(O2)C(=O)C(=O)N2CCCCC2C(=O)O[C@H]([C@H](C)C[C@@H]2CCC(O)[C@H](OC)C2)CC(=O)[C@H](C)/C=C(\C)[C@@H](O)[C@@H](OC)C(=O)[C@H](C)C[C@H](C)/C=C/C=CC=C1C.C[P+](C)=O. The van der Waals surface area contributed by atoms with Crippen molar-refractivity contribution in [2.75, 3.05) is 75.7 Å². The lowest BCUT2D eigenvalue weighted by Crippen LogP contribution is -2.61. The van der Waals surface area contributed by atoms with Crippen LogP contribution in [-0.4, -0.2) is 279 Å². The zero-order valence-corrected chi connectivity index (χ0v) is 89.8. The van der Waals surface area contributed by atoms with Crippen LogP contribution in [0.2, 0.25) is 0 Å². The van der Waals surface area contributed by atoms with Crippen LogP contribution in [0, 0.1) is 71.0 Å². The quantitative estimate of drug-likeness (QED) is 0.0407. The zero-order valence-electron chi connectivity index (χ0n) is 88.0. The molecule has 8 aliphatic rings. The van der Waals surface area contributed by atoms with Crippen molar-refractivity contribution in [2.24, 2.45) is 71.0 Å². The second kappa shape index (κ2) is 60.4. The molecule has 32 heteroatoms. The molecule has 6 heterocycles. The molecule has 8 rings (SSSR count). The maximum Gasteiger partial charge on any atom is 0.429 e. The number of allylic oxidation sites excluding steroid dienone is 12. The van der Waals surface area contributed by atoms with E-state index in [0.29, 0.717) is 120 Å². The van der Waals surface area contributed by atoms with Crippen LogP contribution in [0.15, 0.2) is 95.2 Å². The fourth-order valence-corrected chi connectivity index (χ4v) is 21.4. The first-order valence-corrected chi connectivity index (χ1v) is 54.7. The molecule has 2 amide bonds. The number of nitrogens with zero attached hydrogens (tertiary/aromatic N) is 2. The van der Waals surface area contributed by atoms with Gasteiger partial charge in [-0.05, 0) is 214 Å². The van der Waals surface area contributed by atoms with Crippen LogP contribution in [0.5, 0.6) is 0 Å². The van der Waals surface area contributed by atoms with Crippen molar-refractivity contribution >= 4 is 74.2 Å². The second-order valence-electron chi connectivity index (χ2n) is 40.7. The standard InChI is InChI=1S/C52H82N2O13P.C51H79NO13.C2H6OP.C2H6/c1-31-17-13-12-14-18-32(2)43(63-8)29-39-22-20-37(7)52(61,67-39)49(58)50(59)54-24-16-15-19-41(54)51(60)66-44(34(4)27-38-21-23-40(53-68(11)62)45(28-38)64-9)30-42(55)33(3)26-36(6)47(57)48(65-10)46(56)35(5)25-31;1-30-16-12-11-13-17-31(2)42(61-8)28-38-21-19-36(7)51(60,65-38)48(57)49(58)52-23-15-14-18-39(52)50(59)64-43(33(4)26-37-20-22-40(53)44(27-37)62-9)29-41(54)32(3)25-35(6)46(56)47(63-10)45(55)34(5)24-30;1-4(2)3;1-2/h12-14,17-18,26,31,33-35,37-41,43-45,47-48,57,61H,15-16,19-25,27-30H2,1-11H3,(H,53,62);11-13,16-17,25,30,32-34,36-40,42-44,46-47,53,56,60H,14-15,18-24,26-29H2,1-10H3;1-2H3;1-2H3/q+1;;+1;/b14-12?,17-13+,32-18?,36-26+;13-11?,16-12+,31-17?,35-25+;;/t31-,33-,34-,35-,37-,38+,39+,40?,41?,43+,44+,45-,47-,48+,52-;30-,32-,33-,34-,36-,37+,38+,39?,40?,42+,43+,44-,46-,47+,51-;;/m11../s1. The summed E-state index contributed by atoms with van der Waals surface area (Å²) in [5.41, 5.74) is 2.53. The summed E-state index contributed by atoms with van der Waals surface area (Å²) in [6.07, 6.45) is 23.4. The van der Waals surface area contributed by atoms with Crippen molar-refractivity contribution in [1.29, 1.82) is 0 Å². The number of Topliss-reactive ketones (excluding diaryl/α,β-unsaturated/α-hetero) is 6. The average Bonchev–Trinajstić information content (AvgIpc) is 0.773. The van der Waals surface area contributed by atoms with Gasteiger partial charge in [-0.15, -0.1) is 5.09 Å². The minimum Gasteiger partial charge on any atom is -0.460 e. The molecule has 0 radical (unpaired) electrons. The van der Waals surface area contributed by atoms with Crippen LogP contribution in [0.25, 0.3) is 0 Å². The minimum absolute atomic E-state index is 0.0153. The molecule has 5 unspecified atom stereocenters. The molecule has 2 aliphatic carbocycles. The van der Waals surface area contributed by atoms with Crippen molar-refractivity contribution < 1.29 is 130 Å². The Hall–Kier alpha value is -6.54. The third-order valence-corrected chi connectivity index (χ3v) is 30.0. The van der Waals surface area contributed by atoms with Crippen LogP contribution < -0.4 is 5.09 Å². The number of fused-ring (bicyclic) bond motifs is 6. The molecule has 2 saturated carbocycles. The van der Waals surface area contributed by atoms with Crippen molar-refractivity contribution in [2.45, 2.75) is 374 Å². The molecule has 6 aliphatic heterocycles. The topological polar surface area (TPSA) is 417 Å². The number of hydrogen-bond donors (Lipinski definition) is 6. The lowest BCUT2D eigenvalue weighted by Gasteiger charge is -2.42. The maximum absolute atomic E-state index is 14.5. The number of amides is 2. The molecule has 30 nitrogen and oxygen atoms in total. The molecule has 786 valence electrons. The van der Waals surface area contributed by atoms with Crippen LogP contribution in [-0.2, 0) is 104 Å². The Balaban J connectivity index is 0.000000464. The number of hydrogen-bond acceptors (Lipinski definition) is 27. The molecule has 6 N–H and O–H groups in total. The number of ketones is 6. The Labute approximate surface area is 830 Å². The van der Waals surface area contributed by atoms with E-state index in [0.717, 1.165) is 30.4 Å². The number of carbonyl (C=O) groups excluding carboxylic acids is 10. The van der Waals surface area contributed by atoms with Gasteiger partial charge in [0.05, 0.1) is 48.8 Å². The van der Waals surface area contributed by atoms with E-state index < -0.39 is 177 Å². The van der Waals surface area contributed by atoms with E-state index in [1.54, 1.807) is 102 Å². The van der Waals surface area contributed by atoms with E-state index in [-0.39, 0.29) is 116 Å². The van der Waals surface area contributed by atoms with Crippen LogP contribution in [0.3, 0.4) is 0 Å². The number of methoxy groups -OCH3 is 6. The van der Waals surface area contributed by atoms with Gasteiger partial charge in [0.15, 0.2) is 18.2 Å². The molecule has 0 spiro atoms. The highest BCUT2D eigenvalue weighted by Gasteiger charge is 2.56. The summed E-state index contributed by atoms with van der Waals surface area (Å²) in [5, 5.41) is 60.4. The number of nitrogens with one attached hydrogen (secondary N) is 1. The van der Waals surface area contributed by atoms with Crippen molar-refractivity contribution in [3.05, 3.63) is 95.2 Å². The number of aliphatic hydroxyl groups is 5. The molecule has 0 aromatic rings. The largest absolute Gasteiger partial charge is 0.460 e. The Morgan fingerprint density at radius 2 is 0.835 bits per heavy atom. The Morgan fingerprint density at radius 3 is 1.19 bits per heavy atom. The first-order valence-electron chi connectivity index (χ1n) is 50.8. The first kappa shape index (κ1) is 123. The third-order valence-electron chi connectivity index (χ3n) is 29.3. The summed E-state index contributed by atoms with van der Waals surface area (Å²) in [6.45, 7) is 34.5. The highest BCUT2D eigenvalue weighted by Crippen LogP contribution is 2.42. The lowest BCUT2D eigenvalue weighted by atomic mass is 9.78. The van der Waals surface area contributed by atoms with Gasteiger partial charge >= 0.3 is 27.7 Å². The number of ether oxygens (including phenoxy) is 10. The van der Waals surface area contributed by atoms with E-state index in [1.807, 2.05) is 130 Å².